The fourth-order valence-corrected chi connectivity index (χ4v) is 1.94. The zero-order valence-corrected chi connectivity index (χ0v) is 13.0. The predicted octanol–water partition coefficient (Wildman–Crippen LogP) is 5.02. The quantitative estimate of drug-likeness (QED) is 0.734. The van der Waals surface area contributed by atoms with Crippen LogP contribution in [0.5, 0.6) is 5.75 Å². The molecule has 146 valence electrons. The van der Waals surface area contributed by atoms with Gasteiger partial charge in [-0.1, -0.05) is 0 Å². The highest BCUT2D eigenvalue weighted by atomic mass is 19.4. The summed E-state index contributed by atoms with van der Waals surface area (Å²) in [5, 5.41) is 1.83. The van der Waals surface area contributed by atoms with Crippen molar-refractivity contribution in [3.8, 4) is 5.75 Å². The Balaban J connectivity index is 2.15. The van der Waals surface area contributed by atoms with E-state index in [0.717, 1.165) is 6.07 Å². The molecule has 0 aromatic heterocycles. The van der Waals surface area contributed by atoms with E-state index >= 15 is 0 Å². The van der Waals surface area contributed by atoms with E-state index in [0.29, 0.717) is 24.3 Å². The average molecular weight is 399 g/mol. The van der Waals surface area contributed by atoms with Crippen LogP contribution >= 0.6 is 0 Å². The van der Waals surface area contributed by atoms with E-state index < -0.39 is 53.3 Å². The summed E-state index contributed by atoms with van der Waals surface area (Å²) >= 11 is 0. The summed E-state index contributed by atoms with van der Waals surface area (Å²) in [5.74, 6) is -3.80. The first kappa shape index (κ1) is 20.5. The molecule has 0 bridgehead atoms. The highest BCUT2D eigenvalue weighted by Crippen LogP contribution is 2.37. The van der Waals surface area contributed by atoms with Crippen LogP contribution in [0, 0.1) is 11.6 Å². The molecule has 0 fully saturated rings. The number of nitrogens with one attached hydrogen (secondary N) is 1. The first-order chi connectivity index (χ1) is 12.4. The number of halogens is 8. The summed E-state index contributed by atoms with van der Waals surface area (Å²) < 4.78 is 107. The third-order valence-corrected chi connectivity index (χ3v) is 3.13. The Labute approximate surface area is 146 Å². The average Bonchev–Trinajstić information content (AvgIpc) is 2.54. The summed E-state index contributed by atoms with van der Waals surface area (Å²) in [7, 11) is 0. The van der Waals surface area contributed by atoms with Gasteiger partial charge in [0.1, 0.15) is 5.75 Å². The molecule has 2 rings (SSSR count). The van der Waals surface area contributed by atoms with E-state index in [1.807, 2.05) is 5.32 Å². The molecule has 0 saturated heterocycles. The molecule has 0 atom stereocenters. The molecule has 0 aliphatic carbocycles. The Morgan fingerprint density at radius 2 is 1.41 bits per heavy atom. The molecule has 1 N–H and O–H groups in total. The van der Waals surface area contributed by atoms with E-state index in [9.17, 15) is 39.9 Å². The van der Waals surface area contributed by atoms with Crippen LogP contribution in [0.3, 0.4) is 0 Å². The summed E-state index contributed by atoms with van der Waals surface area (Å²) in [6.45, 7) is -0.858. The van der Waals surface area contributed by atoms with Crippen molar-refractivity contribution in [1.29, 1.82) is 0 Å². The Morgan fingerprint density at radius 3 is 1.89 bits per heavy atom. The van der Waals surface area contributed by atoms with Gasteiger partial charge in [-0.2, -0.15) is 26.3 Å². The van der Waals surface area contributed by atoms with Gasteiger partial charge >= 0.3 is 12.4 Å². The molecular weight excluding hydrogens is 390 g/mol. The van der Waals surface area contributed by atoms with Crippen LogP contribution in [0.1, 0.15) is 11.1 Å². The third-order valence-electron chi connectivity index (χ3n) is 3.13. The third kappa shape index (κ3) is 5.56. The topological polar surface area (TPSA) is 38.3 Å². The van der Waals surface area contributed by atoms with Gasteiger partial charge in [0.2, 0.25) is 0 Å². The maximum atomic E-state index is 13.0. The van der Waals surface area contributed by atoms with Gasteiger partial charge in [0.25, 0.3) is 5.91 Å². The van der Waals surface area contributed by atoms with Gasteiger partial charge in [-0.15, -0.1) is 0 Å². The second-order valence-electron chi connectivity index (χ2n) is 5.21. The lowest BCUT2D eigenvalue weighted by molar-refractivity contribution is -0.143. The number of hydrogen-bond acceptors (Lipinski definition) is 2. The molecular formula is C16H9F8NO2. The van der Waals surface area contributed by atoms with E-state index in [4.69, 9.17) is 4.74 Å². The van der Waals surface area contributed by atoms with E-state index in [1.165, 1.54) is 0 Å². The lowest BCUT2D eigenvalue weighted by Gasteiger charge is -2.15. The second kappa shape index (κ2) is 7.41. The van der Waals surface area contributed by atoms with Crippen LogP contribution in [-0.4, -0.2) is 12.5 Å². The molecule has 1 amide bonds. The maximum absolute atomic E-state index is 13.0. The predicted molar refractivity (Wildman–Crippen MR) is 76.9 cm³/mol. The molecule has 2 aromatic carbocycles. The SMILES string of the molecule is O=C(COc1ccc(F)c(F)c1)Nc1cc(C(F)(F)F)cc(C(F)(F)F)c1. The molecule has 0 aliphatic heterocycles. The van der Waals surface area contributed by atoms with Crippen LogP contribution in [0.25, 0.3) is 0 Å². The van der Waals surface area contributed by atoms with Crippen molar-refractivity contribution in [2.75, 3.05) is 11.9 Å². The Morgan fingerprint density at radius 1 is 0.852 bits per heavy atom. The molecule has 0 radical (unpaired) electrons. The van der Waals surface area contributed by atoms with Gasteiger partial charge in [-0.25, -0.2) is 8.78 Å². The molecule has 0 aliphatic rings. The number of rotatable bonds is 4. The minimum absolute atomic E-state index is 0.0898. The number of hydrogen-bond donors (Lipinski definition) is 1. The smallest absolute Gasteiger partial charge is 0.416 e. The van der Waals surface area contributed by atoms with Crippen LogP contribution in [0.2, 0.25) is 0 Å². The van der Waals surface area contributed by atoms with Crippen molar-refractivity contribution in [2.45, 2.75) is 12.4 Å². The van der Waals surface area contributed by atoms with Gasteiger partial charge in [0, 0.05) is 11.8 Å². The maximum Gasteiger partial charge on any atom is 0.416 e. The molecule has 0 heterocycles. The van der Waals surface area contributed by atoms with Crippen molar-refractivity contribution in [3.05, 3.63) is 59.2 Å². The van der Waals surface area contributed by atoms with Gasteiger partial charge in [-0.05, 0) is 30.3 Å². The molecule has 2 aromatic rings. The molecule has 0 spiro atoms. The first-order valence-corrected chi connectivity index (χ1v) is 7.03. The van der Waals surface area contributed by atoms with E-state index in [-0.39, 0.29) is 11.8 Å². The zero-order valence-electron chi connectivity index (χ0n) is 13.0. The number of carbonyl (C=O) groups excluding carboxylic acids is 1. The number of anilines is 1. The van der Waals surface area contributed by atoms with E-state index in [2.05, 4.69) is 0 Å². The van der Waals surface area contributed by atoms with Crippen LogP contribution in [0.15, 0.2) is 36.4 Å². The highest BCUT2D eigenvalue weighted by Gasteiger charge is 2.37. The standard InChI is InChI=1S/C16H9F8NO2/c17-12-2-1-11(6-13(12)18)27-7-14(26)25-10-4-8(15(19,20)21)3-9(5-10)16(22,23)24/h1-6H,7H2,(H,25,26). The number of benzene rings is 2. The second-order valence-corrected chi connectivity index (χ2v) is 5.21. The van der Waals surface area contributed by atoms with Crippen LogP contribution in [-0.2, 0) is 17.1 Å². The Kier molecular flexibility index (Phi) is 5.62. The van der Waals surface area contributed by atoms with Gasteiger partial charge < -0.3 is 10.1 Å². The monoisotopic (exact) mass is 399 g/mol. The number of carbonyl (C=O) groups is 1. The molecule has 27 heavy (non-hydrogen) atoms. The largest absolute Gasteiger partial charge is 0.484 e. The lowest BCUT2D eigenvalue weighted by Crippen LogP contribution is -2.21. The summed E-state index contributed by atoms with van der Waals surface area (Å²) in [5.41, 5.74) is -3.96. The molecule has 0 saturated carbocycles. The van der Waals surface area contributed by atoms with Gasteiger partial charge in [0.05, 0.1) is 11.1 Å². The Bertz CT molecular complexity index is 813. The first-order valence-electron chi connectivity index (χ1n) is 7.03. The minimum Gasteiger partial charge on any atom is -0.484 e. The van der Waals surface area contributed by atoms with Gasteiger partial charge in [0.15, 0.2) is 18.2 Å². The van der Waals surface area contributed by atoms with Crippen molar-refractivity contribution in [3.63, 3.8) is 0 Å². The molecule has 0 unspecified atom stereocenters. The van der Waals surface area contributed by atoms with Crippen LogP contribution < -0.4 is 10.1 Å². The number of amides is 1. The Hall–Kier alpha value is -2.85. The zero-order chi connectivity index (χ0) is 20.4. The normalized spacial score (nSPS) is 12.0. The molecule has 11 heteroatoms. The number of alkyl halides is 6. The summed E-state index contributed by atoms with van der Waals surface area (Å²) in [6.07, 6.45) is -10.1. The van der Waals surface area contributed by atoms with Crippen molar-refractivity contribution < 1.29 is 44.7 Å². The lowest BCUT2D eigenvalue weighted by atomic mass is 10.1. The van der Waals surface area contributed by atoms with Gasteiger partial charge in [-0.3, -0.25) is 4.79 Å². The summed E-state index contributed by atoms with van der Waals surface area (Å²) in [6, 6.07) is 2.88. The van der Waals surface area contributed by atoms with E-state index in [1.54, 1.807) is 0 Å². The fourth-order valence-electron chi connectivity index (χ4n) is 1.94. The van der Waals surface area contributed by atoms with Crippen molar-refractivity contribution >= 4 is 11.6 Å². The molecule has 3 nitrogen and oxygen atoms in total. The number of ether oxygens (including phenoxy) is 1. The highest BCUT2D eigenvalue weighted by molar-refractivity contribution is 5.92. The van der Waals surface area contributed by atoms with Crippen molar-refractivity contribution in [1.82, 2.24) is 0 Å². The fraction of sp³-hybridized carbons (Fsp3) is 0.188. The summed E-state index contributed by atoms with van der Waals surface area (Å²) in [4.78, 5) is 11.7. The van der Waals surface area contributed by atoms with Crippen LogP contribution in [0.4, 0.5) is 40.8 Å². The van der Waals surface area contributed by atoms with Crippen molar-refractivity contribution in [2.24, 2.45) is 0 Å². The minimum atomic E-state index is -5.07.